The number of hydrogen-bond donors (Lipinski definition) is 1. The highest BCUT2D eigenvalue weighted by atomic mass is 32.2. The minimum Gasteiger partial charge on any atom is -0.390 e. The van der Waals surface area contributed by atoms with Gasteiger partial charge in [-0.1, -0.05) is 0 Å². The predicted molar refractivity (Wildman–Crippen MR) is 62.2 cm³/mol. The first kappa shape index (κ1) is 10.3. The number of rotatable bonds is 2. The van der Waals surface area contributed by atoms with Crippen molar-refractivity contribution in [3.8, 4) is 0 Å². The summed E-state index contributed by atoms with van der Waals surface area (Å²) in [6.45, 7) is 3.35. The van der Waals surface area contributed by atoms with Crippen molar-refractivity contribution in [1.29, 1.82) is 0 Å². The number of nitrogens with zero attached hydrogens (tertiary/aromatic N) is 2. The van der Waals surface area contributed by atoms with Crippen molar-refractivity contribution in [2.75, 3.05) is 23.0 Å². The Labute approximate surface area is 92.2 Å². The zero-order valence-electron chi connectivity index (χ0n) is 8.14. The average molecular weight is 230 g/mol. The average Bonchev–Trinajstić information content (AvgIpc) is 2.67. The highest BCUT2D eigenvalue weighted by Crippen LogP contribution is 2.26. The highest BCUT2D eigenvalue weighted by molar-refractivity contribution is 7.99. The van der Waals surface area contributed by atoms with E-state index in [4.69, 9.17) is 5.11 Å². The van der Waals surface area contributed by atoms with E-state index in [2.05, 4.69) is 16.8 Å². The maximum absolute atomic E-state index is 8.94. The lowest BCUT2D eigenvalue weighted by Gasteiger charge is -2.32. The maximum Gasteiger partial charge on any atom is 0.185 e. The van der Waals surface area contributed by atoms with Gasteiger partial charge in [0.05, 0.1) is 12.3 Å². The molecule has 1 aromatic heterocycles. The number of thiazole rings is 1. The Balaban J connectivity index is 2.12. The molecule has 1 aromatic rings. The lowest BCUT2D eigenvalue weighted by atomic mass is 10.3. The van der Waals surface area contributed by atoms with Crippen LogP contribution >= 0.6 is 23.1 Å². The number of hydrogen-bond acceptors (Lipinski definition) is 5. The SMILES string of the molecule is CC1CSCCN1c1nc(CO)cs1. The summed E-state index contributed by atoms with van der Waals surface area (Å²) in [5, 5.41) is 11.9. The monoisotopic (exact) mass is 230 g/mol. The maximum atomic E-state index is 8.94. The standard InChI is InChI=1S/C9H14N2OS2/c1-7-5-13-3-2-11(7)9-10-8(4-12)6-14-9/h6-7,12H,2-5H2,1H3. The van der Waals surface area contributed by atoms with Gasteiger partial charge in [-0.3, -0.25) is 0 Å². The molecule has 0 radical (unpaired) electrons. The fourth-order valence-electron chi connectivity index (χ4n) is 1.51. The normalized spacial score (nSPS) is 22.7. The summed E-state index contributed by atoms with van der Waals surface area (Å²) in [4.78, 5) is 6.72. The van der Waals surface area contributed by atoms with Crippen LogP contribution in [0, 0.1) is 0 Å². The quantitative estimate of drug-likeness (QED) is 0.837. The van der Waals surface area contributed by atoms with Gasteiger partial charge in [0.1, 0.15) is 0 Å². The first-order valence-electron chi connectivity index (χ1n) is 4.71. The van der Waals surface area contributed by atoms with Crippen molar-refractivity contribution in [1.82, 2.24) is 4.98 Å². The molecule has 1 fully saturated rings. The van der Waals surface area contributed by atoms with Crippen LogP contribution in [0.2, 0.25) is 0 Å². The van der Waals surface area contributed by atoms with Crippen molar-refractivity contribution >= 4 is 28.2 Å². The first-order chi connectivity index (χ1) is 6.81. The van der Waals surface area contributed by atoms with Crippen molar-refractivity contribution < 1.29 is 5.11 Å². The molecule has 1 saturated heterocycles. The molecule has 5 heteroatoms. The molecule has 1 aliphatic rings. The number of thioether (sulfide) groups is 1. The predicted octanol–water partition coefficient (Wildman–Crippen LogP) is 1.58. The van der Waals surface area contributed by atoms with Gasteiger partial charge in [-0.05, 0) is 6.92 Å². The minimum atomic E-state index is 0.0491. The van der Waals surface area contributed by atoms with Crippen LogP contribution in [-0.2, 0) is 6.61 Å². The molecule has 14 heavy (non-hydrogen) atoms. The van der Waals surface area contributed by atoms with Gasteiger partial charge in [-0.15, -0.1) is 11.3 Å². The zero-order chi connectivity index (χ0) is 9.97. The smallest absolute Gasteiger partial charge is 0.185 e. The third-order valence-electron chi connectivity index (χ3n) is 2.31. The molecule has 2 heterocycles. The van der Waals surface area contributed by atoms with Gasteiger partial charge >= 0.3 is 0 Å². The first-order valence-corrected chi connectivity index (χ1v) is 6.74. The fraction of sp³-hybridized carbons (Fsp3) is 0.667. The van der Waals surface area contributed by atoms with E-state index in [1.165, 1.54) is 11.5 Å². The Morgan fingerprint density at radius 3 is 3.21 bits per heavy atom. The molecular weight excluding hydrogens is 216 g/mol. The number of aliphatic hydroxyl groups is 1. The molecular formula is C9H14N2OS2. The molecule has 1 unspecified atom stereocenters. The molecule has 2 rings (SSSR count). The molecule has 0 amide bonds. The molecule has 3 nitrogen and oxygen atoms in total. The molecule has 0 bridgehead atoms. The molecule has 0 spiro atoms. The second-order valence-electron chi connectivity index (χ2n) is 3.40. The zero-order valence-corrected chi connectivity index (χ0v) is 9.77. The van der Waals surface area contributed by atoms with Crippen LogP contribution in [0.15, 0.2) is 5.38 Å². The van der Waals surface area contributed by atoms with Crippen LogP contribution in [-0.4, -0.2) is 34.2 Å². The third kappa shape index (κ3) is 2.04. The van der Waals surface area contributed by atoms with Crippen molar-refractivity contribution in [3.05, 3.63) is 11.1 Å². The lowest BCUT2D eigenvalue weighted by Crippen LogP contribution is -2.40. The molecule has 0 aliphatic carbocycles. The topological polar surface area (TPSA) is 36.4 Å². The second kappa shape index (κ2) is 4.51. The van der Waals surface area contributed by atoms with Crippen LogP contribution in [0.1, 0.15) is 12.6 Å². The number of aliphatic hydroxyl groups excluding tert-OH is 1. The molecule has 1 N–H and O–H groups in total. The van der Waals surface area contributed by atoms with Gasteiger partial charge in [-0.2, -0.15) is 11.8 Å². The van der Waals surface area contributed by atoms with Crippen molar-refractivity contribution in [3.63, 3.8) is 0 Å². The van der Waals surface area contributed by atoms with Crippen LogP contribution in [0.5, 0.6) is 0 Å². The summed E-state index contributed by atoms with van der Waals surface area (Å²) < 4.78 is 0. The van der Waals surface area contributed by atoms with E-state index in [-0.39, 0.29) is 6.61 Å². The van der Waals surface area contributed by atoms with Gasteiger partial charge in [0, 0.05) is 29.5 Å². The van der Waals surface area contributed by atoms with Crippen molar-refractivity contribution in [2.24, 2.45) is 0 Å². The fourth-order valence-corrected chi connectivity index (χ4v) is 3.47. The molecule has 0 saturated carbocycles. The van der Waals surface area contributed by atoms with Crippen LogP contribution < -0.4 is 4.90 Å². The van der Waals surface area contributed by atoms with E-state index in [0.717, 1.165) is 17.4 Å². The highest BCUT2D eigenvalue weighted by Gasteiger charge is 2.21. The summed E-state index contributed by atoms with van der Waals surface area (Å²) in [7, 11) is 0. The molecule has 1 atom stereocenters. The summed E-state index contributed by atoms with van der Waals surface area (Å²) in [5.41, 5.74) is 0.787. The minimum absolute atomic E-state index is 0.0491. The van der Waals surface area contributed by atoms with E-state index >= 15 is 0 Å². The van der Waals surface area contributed by atoms with E-state index in [1.807, 2.05) is 17.1 Å². The van der Waals surface area contributed by atoms with Crippen LogP contribution in [0.25, 0.3) is 0 Å². The summed E-state index contributed by atoms with van der Waals surface area (Å²) in [6, 6.07) is 0.562. The van der Waals surface area contributed by atoms with Crippen LogP contribution in [0.4, 0.5) is 5.13 Å². The number of anilines is 1. The van der Waals surface area contributed by atoms with Gasteiger partial charge in [0.15, 0.2) is 5.13 Å². The Morgan fingerprint density at radius 1 is 1.71 bits per heavy atom. The van der Waals surface area contributed by atoms with E-state index < -0.39 is 0 Å². The molecule has 0 aromatic carbocycles. The summed E-state index contributed by atoms with van der Waals surface area (Å²) in [5.74, 6) is 2.35. The summed E-state index contributed by atoms with van der Waals surface area (Å²) >= 11 is 3.63. The van der Waals surface area contributed by atoms with Gasteiger partial charge < -0.3 is 10.0 Å². The number of aromatic nitrogens is 1. The van der Waals surface area contributed by atoms with Crippen LogP contribution in [0.3, 0.4) is 0 Å². The van der Waals surface area contributed by atoms with E-state index in [1.54, 1.807) is 11.3 Å². The van der Waals surface area contributed by atoms with E-state index in [0.29, 0.717) is 6.04 Å². The molecule has 1 aliphatic heterocycles. The third-order valence-corrected chi connectivity index (χ3v) is 4.43. The summed E-state index contributed by atoms with van der Waals surface area (Å²) in [6.07, 6.45) is 0. The molecule has 78 valence electrons. The Kier molecular flexibility index (Phi) is 3.30. The van der Waals surface area contributed by atoms with Crippen molar-refractivity contribution in [2.45, 2.75) is 19.6 Å². The largest absolute Gasteiger partial charge is 0.390 e. The lowest BCUT2D eigenvalue weighted by molar-refractivity contribution is 0.277. The van der Waals surface area contributed by atoms with Gasteiger partial charge in [0.2, 0.25) is 0 Å². The van der Waals surface area contributed by atoms with Gasteiger partial charge in [-0.25, -0.2) is 4.98 Å². The Bertz CT molecular complexity index is 303. The second-order valence-corrected chi connectivity index (χ2v) is 5.38. The van der Waals surface area contributed by atoms with Gasteiger partial charge in [0.25, 0.3) is 0 Å². The van der Waals surface area contributed by atoms with E-state index in [9.17, 15) is 0 Å². The Morgan fingerprint density at radius 2 is 2.57 bits per heavy atom. The Hall–Kier alpha value is -0.260.